The number of hydrogen-bond donors (Lipinski definition) is 1. The maximum absolute atomic E-state index is 14.6. The van der Waals surface area contributed by atoms with Gasteiger partial charge in [0.25, 0.3) is 0 Å². The lowest BCUT2D eigenvalue weighted by Crippen LogP contribution is -2.36. The molecule has 3 aromatic rings. The number of anilines is 2. The van der Waals surface area contributed by atoms with Gasteiger partial charge in [-0.1, -0.05) is 23.9 Å². The number of benzene rings is 2. The van der Waals surface area contributed by atoms with Crippen LogP contribution in [-0.2, 0) is 9.53 Å². The average molecular weight is 441 g/mol. The van der Waals surface area contributed by atoms with E-state index in [2.05, 4.69) is 30.2 Å². The molecule has 0 aliphatic carbocycles. The number of nitrogens with one attached hydrogen (secondary N) is 1. The van der Waals surface area contributed by atoms with Crippen molar-refractivity contribution in [2.75, 3.05) is 42.3 Å². The normalized spacial score (nSPS) is 14.0. The molecule has 1 aromatic heterocycles. The Bertz CT molecular complexity index is 1080. The second-order valence-corrected chi connectivity index (χ2v) is 8.34. The number of aromatic nitrogens is 2. The molecule has 0 radical (unpaired) electrons. The van der Waals surface area contributed by atoms with Gasteiger partial charge in [-0.25, -0.2) is 9.37 Å². The Morgan fingerprint density at radius 2 is 2.00 bits per heavy atom. The highest BCUT2D eigenvalue weighted by Crippen LogP contribution is 2.26. The molecule has 1 aliphatic rings. The topological polar surface area (TPSA) is 59.4 Å². The molecular weight excluding hydrogens is 415 g/mol. The molecule has 0 unspecified atom stereocenters. The summed E-state index contributed by atoms with van der Waals surface area (Å²) < 4.78 is 21.8. The summed E-state index contributed by atoms with van der Waals surface area (Å²) in [6.07, 6.45) is 3.61. The van der Waals surface area contributed by atoms with Gasteiger partial charge in [0.05, 0.1) is 30.3 Å². The minimum atomic E-state index is -0.349. The second kappa shape index (κ2) is 9.53. The van der Waals surface area contributed by atoms with E-state index in [1.165, 1.54) is 29.0 Å². The maximum Gasteiger partial charge on any atom is 0.234 e. The third kappa shape index (κ3) is 4.91. The summed E-state index contributed by atoms with van der Waals surface area (Å²) in [7, 11) is 0. The van der Waals surface area contributed by atoms with E-state index in [0.29, 0.717) is 37.7 Å². The van der Waals surface area contributed by atoms with E-state index in [9.17, 15) is 9.18 Å². The van der Waals surface area contributed by atoms with Crippen LogP contribution in [0.1, 0.15) is 11.1 Å². The highest BCUT2D eigenvalue weighted by atomic mass is 32.2. The van der Waals surface area contributed by atoms with Crippen LogP contribution in [0.3, 0.4) is 0 Å². The van der Waals surface area contributed by atoms with Crippen LogP contribution in [0.2, 0.25) is 0 Å². The molecule has 2 heterocycles. The van der Waals surface area contributed by atoms with Gasteiger partial charge in [0.2, 0.25) is 5.91 Å². The summed E-state index contributed by atoms with van der Waals surface area (Å²) in [6, 6.07) is 10.9. The number of morpholine rings is 1. The van der Waals surface area contributed by atoms with Gasteiger partial charge in [0.15, 0.2) is 5.16 Å². The summed E-state index contributed by atoms with van der Waals surface area (Å²) in [6.45, 7) is 6.64. The van der Waals surface area contributed by atoms with E-state index in [4.69, 9.17) is 4.74 Å². The molecule has 1 fully saturated rings. The van der Waals surface area contributed by atoms with Gasteiger partial charge in [0.1, 0.15) is 5.82 Å². The number of amides is 1. The number of nitrogens with zero attached hydrogens (tertiary/aromatic N) is 3. The van der Waals surface area contributed by atoms with Crippen molar-refractivity contribution in [3.8, 4) is 5.69 Å². The van der Waals surface area contributed by atoms with Crippen LogP contribution in [0.4, 0.5) is 15.8 Å². The molecule has 162 valence electrons. The maximum atomic E-state index is 14.6. The third-order valence-electron chi connectivity index (χ3n) is 5.36. The fourth-order valence-electron chi connectivity index (χ4n) is 3.55. The molecule has 6 nitrogen and oxygen atoms in total. The Morgan fingerprint density at radius 3 is 2.77 bits per heavy atom. The highest BCUT2D eigenvalue weighted by Gasteiger charge is 2.16. The Kier molecular flexibility index (Phi) is 6.58. The third-order valence-corrected chi connectivity index (χ3v) is 6.32. The van der Waals surface area contributed by atoms with Crippen molar-refractivity contribution >= 4 is 29.0 Å². The Labute approximate surface area is 185 Å². The van der Waals surface area contributed by atoms with Crippen LogP contribution in [0.25, 0.3) is 5.69 Å². The molecule has 0 bridgehead atoms. The monoisotopic (exact) mass is 440 g/mol. The number of carbonyl (C=O) groups excluding carboxylic acids is 1. The van der Waals surface area contributed by atoms with Gasteiger partial charge in [-0.2, -0.15) is 0 Å². The number of aryl methyl sites for hydroxylation is 1. The molecular formula is C23H25FN4O2S. The molecule has 0 atom stereocenters. The summed E-state index contributed by atoms with van der Waals surface area (Å²) in [5.74, 6) is -0.383. The predicted molar refractivity (Wildman–Crippen MR) is 122 cm³/mol. The fourth-order valence-corrected chi connectivity index (χ4v) is 4.32. The van der Waals surface area contributed by atoms with E-state index < -0.39 is 0 Å². The van der Waals surface area contributed by atoms with Gasteiger partial charge in [-0.05, 0) is 49.2 Å². The molecule has 2 aromatic carbocycles. The van der Waals surface area contributed by atoms with Crippen molar-refractivity contribution < 1.29 is 13.9 Å². The van der Waals surface area contributed by atoms with Crippen molar-refractivity contribution in [1.29, 1.82) is 0 Å². The fraction of sp³-hybridized carbons (Fsp3) is 0.304. The number of imidazole rings is 1. The molecule has 4 rings (SSSR count). The molecule has 0 spiro atoms. The van der Waals surface area contributed by atoms with Crippen molar-refractivity contribution in [3.63, 3.8) is 0 Å². The molecule has 31 heavy (non-hydrogen) atoms. The smallest absolute Gasteiger partial charge is 0.234 e. The zero-order valence-corrected chi connectivity index (χ0v) is 18.4. The van der Waals surface area contributed by atoms with E-state index in [1.54, 1.807) is 18.3 Å². The average Bonchev–Trinajstić information content (AvgIpc) is 3.23. The lowest BCUT2D eigenvalue weighted by Gasteiger charge is -2.29. The molecule has 1 amide bonds. The van der Waals surface area contributed by atoms with Crippen LogP contribution in [0.15, 0.2) is 53.9 Å². The van der Waals surface area contributed by atoms with Crippen LogP contribution in [-0.4, -0.2) is 47.5 Å². The van der Waals surface area contributed by atoms with Crippen LogP contribution < -0.4 is 10.2 Å². The summed E-state index contributed by atoms with van der Waals surface area (Å²) in [5, 5.41) is 3.51. The highest BCUT2D eigenvalue weighted by molar-refractivity contribution is 7.99. The number of thioether (sulfide) groups is 1. The molecule has 0 saturated carbocycles. The first-order valence-corrected chi connectivity index (χ1v) is 11.2. The molecule has 1 N–H and O–H groups in total. The lowest BCUT2D eigenvalue weighted by atomic mass is 10.1. The zero-order chi connectivity index (χ0) is 21.8. The standard InChI is InChI=1S/C23H25FN4O2S/c1-16-4-3-5-20(17(16)2)28-9-8-25-23(28)31-15-22(29)26-18-6-7-21(19(24)14-18)27-10-12-30-13-11-27/h3-9,14H,10-13,15H2,1-2H3,(H,26,29). The lowest BCUT2D eigenvalue weighted by molar-refractivity contribution is -0.113. The minimum Gasteiger partial charge on any atom is -0.378 e. The Morgan fingerprint density at radius 1 is 1.19 bits per heavy atom. The first kappa shape index (κ1) is 21.4. The van der Waals surface area contributed by atoms with Crippen LogP contribution in [0, 0.1) is 19.7 Å². The van der Waals surface area contributed by atoms with Crippen molar-refractivity contribution in [3.05, 3.63) is 65.7 Å². The first-order valence-electron chi connectivity index (χ1n) is 10.2. The Balaban J connectivity index is 1.39. The van der Waals surface area contributed by atoms with Crippen molar-refractivity contribution in [1.82, 2.24) is 9.55 Å². The van der Waals surface area contributed by atoms with Gasteiger partial charge in [-0.15, -0.1) is 0 Å². The largest absolute Gasteiger partial charge is 0.378 e. The van der Waals surface area contributed by atoms with E-state index in [0.717, 1.165) is 10.8 Å². The summed E-state index contributed by atoms with van der Waals surface area (Å²) in [5.41, 5.74) is 4.38. The van der Waals surface area contributed by atoms with Crippen LogP contribution in [0.5, 0.6) is 0 Å². The summed E-state index contributed by atoms with van der Waals surface area (Å²) >= 11 is 1.34. The minimum absolute atomic E-state index is 0.175. The molecule has 1 saturated heterocycles. The van der Waals surface area contributed by atoms with Gasteiger partial charge in [-0.3, -0.25) is 9.36 Å². The number of rotatable bonds is 6. The number of hydrogen-bond acceptors (Lipinski definition) is 5. The number of ether oxygens (including phenoxy) is 1. The second-order valence-electron chi connectivity index (χ2n) is 7.40. The summed E-state index contributed by atoms with van der Waals surface area (Å²) in [4.78, 5) is 18.8. The van der Waals surface area contributed by atoms with E-state index >= 15 is 0 Å². The Hall–Kier alpha value is -2.84. The number of halogens is 1. The van der Waals surface area contributed by atoms with E-state index in [-0.39, 0.29) is 17.5 Å². The van der Waals surface area contributed by atoms with Crippen LogP contribution >= 0.6 is 11.8 Å². The molecule has 8 heteroatoms. The quantitative estimate of drug-likeness (QED) is 0.583. The van der Waals surface area contributed by atoms with Gasteiger partial charge < -0.3 is 15.0 Å². The van der Waals surface area contributed by atoms with Gasteiger partial charge >= 0.3 is 0 Å². The SMILES string of the molecule is Cc1cccc(-n2ccnc2SCC(=O)Nc2ccc(N3CCOCC3)c(F)c2)c1C. The van der Waals surface area contributed by atoms with Crippen molar-refractivity contribution in [2.45, 2.75) is 19.0 Å². The van der Waals surface area contributed by atoms with Crippen molar-refractivity contribution in [2.24, 2.45) is 0 Å². The predicted octanol–water partition coefficient (Wildman–Crippen LogP) is 4.20. The molecule has 1 aliphatic heterocycles. The van der Waals surface area contributed by atoms with Gasteiger partial charge in [0, 0.05) is 31.2 Å². The van der Waals surface area contributed by atoms with E-state index in [1.807, 2.05) is 27.8 Å². The zero-order valence-electron chi connectivity index (χ0n) is 17.6. The number of carbonyl (C=O) groups is 1. The first-order chi connectivity index (χ1) is 15.0.